The first kappa shape index (κ1) is 22.0. The number of ether oxygens (including phenoxy) is 3. The van der Waals surface area contributed by atoms with E-state index in [9.17, 15) is 9.59 Å². The van der Waals surface area contributed by atoms with E-state index in [0.717, 1.165) is 4.34 Å². The Kier molecular flexibility index (Phi) is 7.88. The van der Waals surface area contributed by atoms with Crippen molar-refractivity contribution in [3.05, 3.63) is 39.3 Å². The maximum Gasteiger partial charge on any atom is 0.410 e. The summed E-state index contributed by atoms with van der Waals surface area (Å²) in [6.07, 6.45) is -0.380. The number of thioether (sulfide) groups is 1. The smallest absolute Gasteiger partial charge is 0.410 e. The number of hydrogen-bond acceptors (Lipinski definition) is 8. The van der Waals surface area contributed by atoms with Crippen LogP contribution >= 0.6 is 46.3 Å². The van der Waals surface area contributed by atoms with Gasteiger partial charge in [-0.15, -0.1) is 11.3 Å². The average Bonchev–Trinajstić information content (AvgIpc) is 3.27. The Hall–Kier alpha value is -1.68. The van der Waals surface area contributed by atoms with Crippen LogP contribution < -0.4 is 4.74 Å². The van der Waals surface area contributed by atoms with Gasteiger partial charge in [0.25, 0.3) is 0 Å². The molecule has 0 radical (unpaired) electrons. The van der Waals surface area contributed by atoms with E-state index in [4.69, 9.17) is 37.4 Å². The molecule has 1 atom stereocenters. The normalized spacial score (nSPS) is 16.0. The molecule has 7 nitrogen and oxygen atoms in total. The number of carbonyl (C=O) groups excluding carboxylic acids is 2. The first-order chi connectivity index (χ1) is 14.0. The third-order valence-corrected chi connectivity index (χ3v) is 6.32. The van der Waals surface area contributed by atoms with Crippen LogP contribution in [0.25, 0.3) is 0 Å². The van der Waals surface area contributed by atoms with Gasteiger partial charge in [0.2, 0.25) is 0 Å². The SMILES string of the molecule is CCOC(=O)c1csc(SCCN2C(=O)OC[C@@H]2COc2cc(Cl)cc(Cl)c2)n1. The second-order valence-corrected chi connectivity index (χ2v) is 8.98. The number of aromatic nitrogens is 1. The highest BCUT2D eigenvalue weighted by Gasteiger charge is 2.33. The minimum Gasteiger partial charge on any atom is -0.491 e. The Labute approximate surface area is 186 Å². The van der Waals surface area contributed by atoms with Crippen molar-refractivity contribution >= 4 is 58.4 Å². The summed E-state index contributed by atoms with van der Waals surface area (Å²) in [4.78, 5) is 29.6. The molecule has 2 heterocycles. The van der Waals surface area contributed by atoms with Gasteiger partial charge in [-0.05, 0) is 25.1 Å². The number of cyclic esters (lactones) is 1. The van der Waals surface area contributed by atoms with Crippen molar-refractivity contribution in [3.8, 4) is 5.75 Å². The van der Waals surface area contributed by atoms with Gasteiger partial charge in [0, 0.05) is 27.7 Å². The van der Waals surface area contributed by atoms with E-state index in [1.807, 2.05) is 0 Å². The zero-order chi connectivity index (χ0) is 20.8. The van der Waals surface area contributed by atoms with Crippen LogP contribution in [0.15, 0.2) is 27.9 Å². The van der Waals surface area contributed by atoms with Crippen LogP contribution in [0, 0.1) is 0 Å². The molecule has 1 aliphatic heterocycles. The zero-order valence-electron chi connectivity index (χ0n) is 15.4. The van der Waals surface area contributed by atoms with Gasteiger partial charge in [-0.1, -0.05) is 35.0 Å². The molecule has 0 bridgehead atoms. The van der Waals surface area contributed by atoms with Gasteiger partial charge in [-0.25, -0.2) is 14.6 Å². The highest BCUT2D eigenvalue weighted by Crippen LogP contribution is 2.26. The molecule has 1 saturated heterocycles. The van der Waals surface area contributed by atoms with Gasteiger partial charge in [0.05, 0.1) is 6.61 Å². The van der Waals surface area contributed by atoms with Crippen LogP contribution in [0.1, 0.15) is 17.4 Å². The first-order valence-electron chi connectivity index (χ1n) is 8.74. The molecular weight excluding hydrogens is 459 g/mol. The topological polar surface area (TPSA) is 78.0 Å². The average molecular weight is 477 g/mol. The van der Waals surface area contributed by atoms with Crippen LogP contribution in [-0.2, 0) is 9.47 Å². The number of esters is 1. The molecule has 1 aliphatic rings. The van der Waals surface area contributed by atoms with Gasteiger partial charge in [0.15, 0.2) is 10.0 Å². The predicted octanol–water partition coefficient (Wildman–Crippen LogP) is 4.62. The largest absolute Gasteiger partial charge is 0.491 e. The van der Waals surface area contributed by atoms with Gasteiger partial charge in [0.1, 0.15) is 25.0 Å². The fraction of sp³-hybridized carbons (Fsp3) is 0.389. The molecule has 1 aromatic carbocycles. The maximum atomic E-state index is 12.0. The van der Waals surface area contributed by atoms with Gasteiger partial charge < -0.3 is 14.2 Å². The molecule has 1 amide bonds. The van der Waals surface area contributed by atoms with Crippen LogP contribution in [0.4, 0.5) is 4.79 Å². The first-order valence-corrected chi connectivity index (χ1v) is 11.4. The number of halogens is 2. The molecule has 11 heteroatoms. The van der Waals surface area contributed by atoms with E-state index in [2.05, 4.69) is 4.98 Å². The fourth-order valence-electron chi connectivity index (χ4n) is 2.56. The van der Waals surface area contributed by atoms with E-state index in [1.54, 1.807) is 35.4 Å². The van der Waals surface area contributed by atoms with E-state index in [0.29, 0.717) is 40.4 Å². The summed E-state index contributed by atoms with van der Waals surface area (Å²) in [5.41, 5.74) is 0.298. The number of benzene rings is 1. The third kappa shape index (κ3) is 6.15. The number of nitrogens with zero attached hydrogens (tertiary/aromatic N) is 2. The lowest BCUT2D eigenvalue weighted by molar-refractivity contribution is 0.0520. The molecule has 29 heavy (non-hydrogen) atoms. The van der Waals surface area contributed by atoms with Crippen molar-refractivity contribution in [2.24, 2.45) is 0 Å². The summed E-state index contributed by atoms with van der Waals surface area (Å²) >= 11 is 14.8. The lowest BCUT2D eigenvalue weighted by atomic mass is 10.3. The molecule has 156 valence electrons. The Morgan fingerprint density at radius 2 is 2.14 bits per heavy atom. The quantitative estimate of drug-likeness (QED) is 0.385. The molecule has 0 unspecified atom stereocenters. The molecule has 3 rings (SSSR count). The van der Waals surface area contributed by atoms with Crippen LogP contribution in [0.5, 0.6) is 5.75 Å². The summed E-state index contributed by atoms with van der Waals surface area (Å²) in [7, 11) is 0. The lowest BCUT2D eigenvalue weighted by Crippen LogP contribution is -2.39. The highest BCUT2D eigenvalue weighted by atomic mass is 35.5. The summed E-state index contributed by atoms with van der Waals surface area (Å²) < 4.78 is 16.6. The second kappa shape index (κ2) is 10.4. The summed E-state index contributed by atoms with van der Waals surface area (Å²) in [5.74, 6) is 0.701. The molecule has 0 saturated carbocycles. The summed E-state index contributed by atoms with van der Waals surface area (Å²) in [5, 5.41) is 2.62. The van der Waals surface area contributed by atoms with E-state index in [-0.39, 0.29) is 25.3 Å². The van der Waals surface area contributed by atoms with Crippen molar-refractivity contribution in [3.63, 3.8) is 0 Å². The monoisotopic (exact) mass is 476 g/mol. The number of hydrogen-bond donors (Lipinski definition) is 0. The summed E-state index contributed by atoms with van der Waals surface area (Å²) in [6, 6.07) is 4.73. The Morgan fingerprint density at radius 3 is 2.86 bits per heavy atom. The van der Waals surface area contributed by atoms with Crippen LogP contribution in [0.2, 0.25) is 10.0 Å². The van der Waals surface area contributed by atoms with Crippen LogP contribution in [-0.4, -0.2) is 60.1 Å². The Balaban J connectivity index is 1.50. The Bertz CT molecular complexity index is 859. The van der Waals surface area contributed by atoms with Gasteiger partial charge in [-0.3, -0.25) is 4.90 Å². The maximum absolute atomic E-state index is 12.0. The van der Waals surface area contributed by atoms with Crippen molar-refractivity contribution in [1.29, 1.82) is 0 Å². The zero-order valence-corrected chi connectivity index (χ0v) is 18.6. The van der Waals surface area contributed by atoms with Crippen molar-refractivity contribution < 1.29 is 23.8 Å². The molecule has 0 N–H and O–H groups in total. The highest BCUT2D eigenvalue weighted by molar-refractivity contribution is 8.01. The van der Waals surface area contributed by atoms with Crippen LogP contribution in [0.3, 0.4) is 0 Å². The number of amides is 1. The standard InChI is InChI=1S/C18H18Cl2N2O5S2/c1-2-25-16(23)15-10-29-17(21-15)28-4-3-22-13(9-27-18(22)24)8-26-14-6-11(19)5-12(20)7-14/h5-7,10,13H,2-4,8-9H2,1H3/t13-/m0/s1. The molecular formula is C18H18Cl2N2O5S2. The van der Waals surface area contributed by atoms with E-state index < -0.39 is 5.97 Å². The van der Waals surface area contributed by atoms with Gasteiger partial charge >= 0.3 is 12.1 Å². The molecule has 0 aliphatic carbocycles. The molecule has 1 aromatic heterocycles. The minimum absolute atomic E-state index is 0.216. The molecule has 0 spiro atoms. The lowest BCUT2D eigenvalue weighted by Gasteiger charge is -2.21. The van der Waals surface area contributed by atoms with Crippen molar-refractivity contribution in [2.75, 3.05) is 32.1 Å². The number of rotatable bonds is 9. The Morgan fingerprint density at radius 1 is 1.38 bits per heavy atom. The minimum atomic E-state index is -0.433. The fourth-order valence-corrected chi connectivity index (χ4v) is 4.87. The predicted molar refractivity (Wildman–Crippen MR) is 113 cm³/mol. The number of thiazole rings is 1. The second-order valence-electron chi connectivity index (χ2n) is 5.91. The number of carbonyl (C=O) groups is 2. The van der Waals surface area contributed by atoms with Crippen molar-refractivity contribution in [1.82, 2.24) is 9.88 Å². The molecule has 1 fully saturated rings. The van der Waals surface area contributed by atoms with Gasteiger partial charge in [-0.2, -0.15) is 0 Å². The van der Waals surface area contributed by atoms with E-state index in [1.165, 1.54) is 23.1 Å². The third-order valence-electron chi connectivity index (χ3n) is 3.88. The molecule has 2 aromatic rings. The van der Waals surface area contributed by atoms with Crippen molar-refractivity contribution in [2.45, 2.75) is 17.3 Å². The van der Waals surface area contributed by atoms with E-state index >= 15 is 0 Å². The summed E-state index contributed by atoms with van der Waals surface area (Å²) in [6.45, 7) is 3.03.